The van der Waals surface area contributed by atoms with Crippen molar-refractivity contribution < 1.29 is 9.53 Å². The molecule has 0 spiro atoms. The van der Waals surface area contributed by atoms with Gasteiger partial charge in [-0.3, -0.25) is 4.79 Å². The number of anilines is 1. The standard InChI is InChI=1S/C24H26N4O2/c1-18-22-8-5-11-26(22)12-13-28(18)24(29)20-9-10-21(19-6-3-2-4-7-19)25-23(20)27-14-16-30-17-15-27/h2-11,18H,12-17H2,1H3. The van der Waals surface area contributed by atoms with Gasteiger partial charge in [0.2, 0.25) is 0 Å². The number of rotatable bonds is 3. The lowest BCUT2D eigenvalue weighted by Crippen LogP contribution is -2.42. The van der Waals surface area contributed by atoms with Crippen molar-refractivity contribution in [3.8, 4) is 11.3 Å². The Balaban J connectivity index is 1.53. The van der Waals surface area contributed by atoms with E-state index < -0.39 is 0 Å². The molecule has 4 heterocycles. The van der Waals surface area contributed by atoms with Crippen LogP contribution in [0.5, 0.6) is 0 Å². The summed E-state index contributed by atoms with van der Waals surface area (Å²) in [6.07, 6.45) is 2.09. The van der Waals surface area contributed by atoms with Crippen LogP contribution in [0.3, 0.4) is 0 Å². The van der Waals surface area contributed by atoms with E-state index in [4.69, 9.17) is 9.72 Å². The van der Waals surface area contributed by atoms with Crippen LogP contribution in [-0.2, 0) is 11.3 Å². The largest absolute Gasteiger partial charge is 0.378 e. The number of nitrogens with zero attached hydrogens (tertiary/aromatic N) is 4. The van der Waals surface area contributed by atoms with Gasteiger partial charge in [0, 0.05) is 43.6 Å². The summed E-state index contributed by atoms with van der Waals surface area (Å²) in [7, 11) is 0. The van der Waals surface area contributed by atoms with Crippen LogP contribution in [0.2, 0.25) is 0 Å². The van der Waals surface area contributed by atoms with Gasteiger partial charge in [0.05, 0.1) is 30.5 Å². The maximum absolute atomic E-state index is 13.7. The molecule has 1 atom stereocenters. The van der Waals surface area contributed by atoms with E-state index in [1.54, 1.807) is 0 Å². The molecule has 1 unspecified atom stereocenters. The zero-order valence-corrected chi connectivity index (χ0v) is 17.2. The summed E-state index contributed by atoms with van der Waals surface area (Å²) in [4.78, 5) is 22.8. The quantitative estimate of drug-likeness (QED) is 0.672. The van der Waals surface area contributed by atoms with E-state index >= 15 is 0 Å². The topological polar surface area (TPSA) is 50.6 Å². The maximum atomic E-state index is 13.7. The molecular weight excluding hydrogens is 376 g/mol. The lowest BCUT2D eigenvalue weighted by atomic mass is 10.1. The monoisotopic (exact) mass is 402 g/mol. The number of carbonyl (C=O) groups excluding carboxylic acids is 1. The number of aromatic nitrogens is 2. The summed E-state index contributed by atoms with van der Waals surface area (Å²) in [5, 5.41) is 0. The molecule has 1 aromatic carbocycles. The highest BCUT2D eigenvalue weighted by atomic mass is 16.5. The predicted octanol–water partition coefficient (Wildman–Crippen LogP) is 3.60. The minimum Gasteiger partial charge on any atom is -0.378 e. The Labute approximate surface area is 176 Å². The highest BCUT2D eigenvalue weighted by Crippen LogP contribution is 2.31. The second-order valence-corrected chi connectivity index (χ2v) is 7.83. The molecule has 3 aromatic rings. The van der Waals surface area contributed by atoms with Gasteiger partial charge >= 0.3 is 0 Å². The Morgan fingerprint density at radius 1 is 0.967 bits per heavy atom. The molecule has 2 aromatic heterocycles. The van der Waals surface area contributed by atoms with Crippen LogP contribution in [0.1, 0.15) is 29.0 Å². The van der Waals surface area contributed by atoms with Crippen molar-refractivity contribution in [2.24, 2.45) is 0 Å². The van der Waals surface area contributed by atoms with Crippen LogP contribution in [0.4, 0.5) is 5.82 Å². The van der Waals surface area contributed by atoms with Crippen LogP contribution < -0.4 is 4.90 Å². The van der Waals surface area contributed by atoms with E-state index in [0.717, 1.165) is 36.7 Å². The summed E-state index contributed by atoms with van der Waals surface area (Å²) in [5.74, 6) is 0.807. The number of pyridine rings is 1. The van der Waals surface area contributed by atoms with Gasteiger partial charge in [0.25, 0.3) is 5.91 Å². The average molecular weight is 402 g/mol. The summed E-state index contributed by atoms with van der Waals surface area (Å²) >= 11 is 0. The number of hydrogen-bond donors (Lipinski definition) is 0. The fourth-order valence-electron chi connectivity index (χ4n) is 4.41. The number of benzene rings is 1. The van der Waals surface area contributed by atoms with Gasteiger partial charge in [-0.05, 0) is 31.2 Å². The number of hydrogen-bond acceptors (Lipinski definition) is 4. The van der Waals surface area contributed by atoms with Gasteiger partial charge < -0.3 is 19.1 Å². The Kier molecular flexibility index (Phi) is 5.01. The highest BCUT2D eigenvalue weighted by Gasteiger charge is 2.31. The van der Waals surface area contributed by atoms with Gasteiger partial charge in [0.15, 0.2) is 0 Å². The van der Waals surface area contributed by atoms with Crippen LogP contribution in [-0.4, -0.2) is 53.2 Å². The molecule has 2 aliphatic rings. The Bertz CT molecular complexity index is 1040. The molecule has 0 aliphatic carbocycles. The molecule has 0 bridgehead atoms. The first-order valence-corrected chi connectivity index (χ1v) is 10.6. The number of carbonyl (C=O) groups is 1. The molecule has 0 saturated carbocycles. The molecule has 154 valence electrons. The maximum Gasteiger partial charge on any atom is 0.258 e. The first kappa shape index (κ1) is 18.9. The normalized spacial score (nSPS) is 18.9. The Morgan fingerprint density at radius 2 is 1.77 bits per heavy atom. The molecular formula is C24H26N4O2. The number of fused-ring (bicyclic) bond motifs is 1. The summed E-state index contributed by atoms with van der Waals surface area (Å²) < 4.78 is 7.76. The third-order valence-corrected chi connectivity index (χ3v) is 6.09. The van der Waals surface area contributed by atoms with E-state index in [9.17, 15) is 4.79 Å². The van der Waals surface area contributed by atoms with E-state index in [2.05, 4.69) is 34.7 Å². The molecule has 5 rings (SSSR count). The molecule has 2 aliphatic heterocycles. The molecule has 0 radical (unpaired) electrons. The average Bonchev–Trinajstić information content (AvgIpc) is 3.30. The fraction of sp³-hybridized carbons (Fsp3) is 0.333. The van der Waals surface area contributed by atoms with E-state index in [1.165, 1.54) is 5.69 Å². The van der Waals surface area contributed by atoms with Crippen LogP contribution in [0, 0.1) is 0 Å². The van der Waals surface area contributed by atoms with Crippen molar-refractivity contribution in [3.05, 3.63) is 72.1 Å². The Morgan fingerprint density at radius 3 is 2.57 bits per heavy atom. The zero-order valence-electron chi connectivity index (χ0n) is 17.2. The van der Waals surface area contributed by atoms with Gasteiger partial charge in [-0.25, -0.2) is 4.98 Å². The molecule has 1 fully saturated rings. The van der Waals surface area contributed by atoms with Crippen molar-refractivity contribution in [1.82, 2.24) is 14.5 Å². The summed E-state index contributed by atoms with van der Waals surface area (Å²) in [6, 6.07) is 18.2. The number of amides is 1. The lowest BCUT2D eigenvalue weighted by Gasteiger charge is -2.36. The molecule has 6 heteroatoms. The minimum atomic E-state index is 0.0348. The molecule has 1 saturated heterocycles. The number of morpholine rings is 1. The SMILES string of the molecule is CC1c2cccn2CCN1C(=O)c1ccc(-c2ccccc2)nc1N1CCOCC1. The predicted molar refractivity (Wildman–Crippen MR) is 117 cm³/mol. The lowest BCUT2D eigenvalue weighted by molar-refractivity contribution is 0.0643. The summed E-state index contributed by atoms with van der Waals surface area (Å²) in [5.41, 5.74) is 3.78. The smallest absolute Gasteiger partial charge is 0.258 e. The molecule has 30 heavy (non-hydrogen) atoms. The second kappa shape index (κ2) is 7.95. The van der Waals surface area contributed by atoms with Crippen molar-refractivity contribution >= 4 is 11.7 Å². The van der Waals surface area contributed by atoms with Gasteiger partial charge in [-0.1, -0.05) is 30.3 Å². The fourth-order valence-corrected chi connectivity index (χ4v) is 4.41. The van der Waals surface area contributed by atoms with Gasteiger partial charge in [-0.15, -0.1) is 0 Å². The number of ether oxygens (including phenoxy) is 1. The van der Waals surface area contributed by atoms with Crippen molar-refractivity contribution in [3.63, 3.8) is 0 Å². The van der Waals surface area contributed by atoms with Crippen molar-refractivity contribution in [1.29, 1.82) is 0 Å². The molecule has 0 N–H and O–H groups in total. The van der Waals surface area contributed by atoms with E-state index in [0.29, 0.717) is 25.3 Å². The Hall–Kier alpha value is -3.12. The molecule has 1 amide bonds. The van der Waals surface area contributed by atoms with Crippen molar-refractivity contribution in [2.75, 3.05) is 37.7 Å². The molecule has 6 nitrogen and oxygen atoms in total. The first-order valence-electron chi connectivity index (χ1n) is 10.6. The highest BCUT2D eigenvalue weighted by molar-refractivity contribution is 5.99. The zero-order chi connectivity index (χ0) is 20.5. The van der Waals surface area contributed by atoms with Crippen LogP contribution in [0.15, 0.2) is 60.8 Å². The third-order valence-electron chi connectivity index (χ3n) is 6.09. The van der Waals surface area contributed by atoms with Crippen LogP contribution >= 0.6 is 0 Å². The first-order chi connectivity index (χ1) is 14.7. The minimum absolute atomic E-state index is 0.0348. The van der Waals surface area contributed by atoms with Crippen LogP contribution in [0.25, 0.3) is 11.3 Å². The van der Waals surface area contributed by atoms with Gasteiger partial charge in [0.1, 0.15) is 5.82 Å². The third kappa shape index (κ3) is 3.37. The second-order valence-electron chi connectivity index (χ2n) is 7.83. The van der Waals surface area contributed by atoms with E-state index in [1.807, 2.05) is 47.4 Å². The van der Waals surface area contributed by atoms with Gasteiger partial charge in [-0.2, -0.15) is 0 Å². The van der Waals surface area contributed by atoms with Crippen molar-refractivity contribution in [2.45, 2.75) is 19.5 Å². The van der Waals surface area contributed by atoms with E-state index in [-0.39, 0.29) is 11.9 Å². The summed E-state index contributed by atoms with van der Waals surface area (Å²) in [6.45, 7) is 6.40.